The van der Waals surface area contributed by atoms with Gasteiger partial charge in [-0.15, -0.1) is 0 Å². The van der Waals surface area contributed by atoms with E-state index in [1.807, 2.05) is 43.3 Å². The molecule has 3 aromatic rings. The molecule has 0 saturated carbocycles. The van der Waals surface area contributed by atoms with Crippen LogP contribution in [0.1, 0.15) is 34.3 Å². The summed E-state index contributed by atoms with van der Waals surface area (Å²) in [5.41, 5.74) is 10.3. The fourth-order valence-electron chi connectivity index (χ4n) is 4.24. The van der Waals surface area contributed by atoms with Crippen molar-refractivity contribution in [2.24, 2.45) is 0 Å². The van der Waals surface area contributed by atoms with Crippen molar-refractivity contribution in [1.82, 2.24) is 20.2 Å². The predicted octanol–water partition coefficient (Wildman–Crippen LogP) is 3.98. The lowest BCUT2D eigenvalue weighted by molar-refractivity contribution is 0.0965. The third kappa shape index (κ3) is 4.58. The van der Waals surface area contributed by atoms with E-state index in [0.29, 0.717) is 22.9 Å². The minimum Gasteiger partial charge on any atom is -0.490 e. The van der Waals surface area contributed by atoms with Gasteiger partial charge in [0.15, 0.2) is 0 Å². The van der Waals surface area contributed by atoms with E-state index >= 15 is 0 Å². The summed E-state index contributed by atoms with van der Waals surface area (Å²) in [5, 5.41) is 7.27. The van der Waals surface area contributed by atoms with Crippen LogP contribution in [0.2, 0.25) is 0 Å². The molecule has 1 aromatic carbocycles. The van der Waals surface area contributed by atoms with Gasteiger partial charge in [-0.25, -0.2) is 15.3 Å². The molecule has 1 saturated heterocycles. The number of nitrogens with two attached hydrogens (primary N) is 1. The number of aryl methyl sites for hydroxylation is 1. The molecule has 0 spiro atoms. The Kier molecular flexibility index (Phi) is 5.90. The number of nitrogens with one attached hydrogen (secondary N) is 1. The highest BCUT2D eigenvalue weighted by atomic mass is 16.5. The first-order valence-corrected chi connectivity index (χ1v) is 11.4. The third-order valence-electron chi connectivity index (χ3n) is 6.19. The summed E-state index contributed by atoms with van der Waals surface area (Å²) in [6, 6.07) is 11.4. The van der Waals surface area contributed by atoms with Crippen molar-refractivity contribution in [3.8, 4) is 17.0 Å². The first-order valence-electron chi connectivity index (χ1n) is 11.4. The Morgan fingerprint density at radius 3 is 2.71 bits per heavy atom. The number of benzene rings is 1. The van der Waals surface area contributed by atoms with Gasteiger partial charge >= 0.3 is 0 Å². The number of carbonyl (C=O) groups is 1. The molecule has 2 aromatic heterocycles. The van der Waals surface area contributed by atoms with E-state index in [2.05, 4.69) is 27.6 Å². The second-order valence-electron chi connectivity index (χ2n) is 8.77. The third-order valence-corrected chi connectivity index (χ3v) is 6.19. The number of hydrogen-bond acceptors (Lipinski definition) is 7. The van der Waals surface area contributed by atoms with Crippen molar-refractivity contribution in [2.75, 3.05) is 31.2 Å². The van der Waals surface area contributed by atoms with Crippen LogP contribution >= 0.6 is 0 Å². The van der Waals surface area contributed by atoms with Crippen LogP contribution in [-0.2, 0) is 0 Å². The van der Waals surface area contributed by atoms with Crippen LogP contribution in [0, 0.1) is 6.92 Å². The topological polar surface area (TPSA) is 107 Å². The molecular weight excluding hydrogens is 428 g/mol. The summed E-state index contributed by atoms with van der Waals surface area (Å²) < 4.78 is 6.27. The Hall–Kier alpha value is -3.91. The molecule has 173 valence electrons. The number of nitrogen functional groups attached to an aromatic ring is 1. The molecule has 3 N–H and O–H groups in total. The van der Waals surface area contributed by atoms with Crippen LogP contribution in [-0.4, -0.2) is 47.0 Å². The average molecular weight is 456 g/mol. The van der Waals surface area contributed by atoms with Gasteiger partial charge in [0.1, 0.15) is 23.5 Å². The number of anilines is 3. The maximum Gasteiger partial charge on any atom is 0.281 e. The Morgan fingerprint density at radius 1 is 1.15 bits per heavy atom. The number of rotatable bonds is 5. The van der Waals surface area contributed by atoms with Gasteiger partial charge in [-0.1, -0.05) is 0 Å². The molecule has 1 fully saturated rings. The molecule has 0 bridgehead atoms. The summed E-state index contributed by atoms with van der Waals surface area (Å²) >= 11 is 0. The molecule has 2 aliphatic heterocycles. The lowest BCUT2D eigenvalue weighted by atomic mass is 10.0. The van der Waals surface area contributed by atoms with E-state index < -0.39 is 0 Å². The molecule has 5 rings (SSSR count). The lowest BCUT2D eigenvalue weighted by Crippen LogP contribution is -2.35. The summed E-state index contributed by atoms with van der Waals surface area (Å²) in [6.07, 6.45) is 7.28. The molecule has 34 heavy (non-hydrogen) atoms. The van der Waals surface area contributed by atoms with Gasteiger partial charge in [0.25, 0.3) is 5.91 Å². The van der Waals surface area contributed by atoms with Crippen LogP contribution in [0.4, 0.5) is 17.3 Å². The van der Waals surface area contributed by atoms with Gasteiger partial charge in [-0.2, -0.15) is 0 Å². The smallest absolute Gasteiger partial charge is 0.281 e. The Balaban J connectivity index is 1.43. The highest BCUT2D eigenvalue weighted by Gasteiger charge is 2.23. The minimum atomic E-state index is -0.326. The number of aromatic nitrogens is 2. The van der Waals surface area contributed by atoms with E-state index in [-0.39, 0.29) is 12.0 Å². The van der Waals surface area contributed by atoms with Crippen LogP contribution in [0.15, 0.2) is 48.8 Å². The van der Waals surface area contributed by atoms with Crippen LogP contribution < -0.4 is 21.1 Å². The van der Waals surface area contributed by atoms with Gasteiger partial charge in [0.05, 0.1) is 11.3 Å². The molecule has 8 heteroatoms. The molecule has 4 heterocycles. The van der Waals surface area contributed by atoms with Crippen molar-refractivity contribution in [3.05, 3.63) is 65.5 Å². The normalized spacial score (nSPS) is 16.1. The number of likely N-dealkylation sites (tertiary alicyclic amines) is 1. The SMILES string of the molecule is Cc1cc(Nc2nc(-c3ccc(N)nc3)cc3c2C(=O)[N]C=C3)ccc1OC1CCN(C)CC1. The fourth-order valence-corrected chi connectivity index (χ4v) is 4.24. The van der Waals surface area contributed by atoms with Gasteiger partial charge in [0.2, 0.25) is 0 Å². The van der Waals surface area contributed by atoms with Crippen LogP contribution in [0.25, 0.3) is 17.3 Å². The molecule has 0 aliphatic carbocycles. The quantitative estimate of drug-likeness (QED) is 0.599. The zero-order valence-corrected chi connectivity index (χ0v) is 19.3. The number of piperidine rings is 1. The predicted molar refractivity (Wildman–Crippen MR) is 133 cm³/mol. The van der Waals surface area contributed by atoms with Crippen LogP contribution in [0.3, 0.4) is 0 Å². The average Bonchev–Trinajstić information content (AvgIpc) is 2.82. The summed E-state index contributed by atoms with van der Waals surface area (Å²) in [6.45, 7) is 4.12. The van der Waals surface area contributed by atoms with Gasteiger partial charge in [-0.05, 0) is 80.4 Å². The Morgan fingerprint density at radius 2 is 1.97 bits per heavy atom. The van der Waals surface area contributed by atoms with E-state index in [1.54, 1.807) is 12.3 Å². The fraction of sp³-hybridized carbons (Fsp3) is 0.269. The summed E-state index contributed by atoms with van der Waals surface area (Å²) in [7, 11) is 2.14. The number of ether oxygens (including phenoxy) is 1. The Bertz CT molecular complexity index is 1250. The largest absolute Gasteiger partial charge is 0.490 e. The number of carbonyl (C=O) groups excluding carboxylic acids is 1. The summed E-state index contributed by atoms with van der Waals surface area (Å²) in [5.74, 6) is 1.44. The monoisotopic (exact) mass is 455 g/mol. The van der Waals surface area contributed by atoms with E-state index in [9.17, 15) is 4.79 Å². The van der Waals surface area contributed by atoms with Gasteiger partial charge < -0.3 is 20.7 Å². The maximum atomic E-state index is 12.6. The zero-order valence-electron chi connectivity index (χ0n) is 19.3. The van der Waals surface area contributed by atoms with Crippen molar-refractivity contribution < 1.29 is 9.53 Å². The number of amides is 1. The molecule has 1 radical (unpaired) electrons. The molecule has 0 unspecified atom stereocenters. The standard InChI is InChI=1S/C26H27N6O2/c1-16-13-19(4-5-22(16)34-20-8-11-32(2)12-9-20)30-25-24-17(7-10-28-26(24)33)14-21(31-25)18-3-6-23(27)29-15-18/h3-7,10,13-15,20H,8-9,11-12H2,1-2H3,(H2,27,29)(H,30,31). The molecule has 1 amide bonds. The molecule has 8 nitrogen and oxygen atoms in total. The molecular formula is C26H27N6O2. The Labute approximate surface area is 198 Å². The van der Waals surface area contributed by atoms with E-state index in [1.165, 1.54) is 6.20 Å². The number of nitrogens with zero attached hydrogens (tertiary/aromatic N) is 4. The zero-order chi connectivity index (χ0) is 23.7. The van der Waals surface area contributed by atoms with Gasteiger partial charge in [0, 0.05) is 36.7 Å². The van der Waals surface area contributed by atoms with Gasteiger partial charge in [-0.3, -0.25) is 4.79 Å². The summed E-state index contributed by atoms with van der Waals surface area (Å²) in [4.78, 5) is 23.8. The lowest BCUT2D eigenvalue weighted by Gasteiger charge is -2.29. The number of pyridine rings is 2. The van der Waals surface area contributed by atoms with Crippen molar-refractivity contribution in [3.63, 3.8) is 0 Å². The number of hydrogen-bond donors (Lipinski definition) is 2. The van der Waals surface area contributed by atoms with Crippen molar-refractivity contribution in [2.45, 2.75) is 25.9 Å². The van der Waals surface area contributed by atoms with E-state index in [4.69, 9.17) is 15.5 Å². The van der Waals surface area contributed by atoms with Crippen LogP contribution in [0.5, 0.6) is 5.75 Å². The van der Waals surface area contributed by atoms with E-state index in [0.717, 1.165) is 54.1 Å². The van der Waals surface area contributed by atoms with Crippen molar-refractivity contribution in [1.29, 1.82) is 0 Å². The highest BCUT2D eigenvalue weighted by Crippen LogP contribution is 2.32. The molecule has 2 aliphatic rings. The minimum absolute atomic E-state index is 0.235. The highest BCUT2D eigenvalue weighted by molar-refractivity contribution is 6.05. The second kappa shape index (κ2) is 9.15. The first-order chi connectivity index (χ1) is 16.5. The maximum absolute atomic E-state index is 12.6. The van der Waals surface area contributed by atoms with Crippen molar-refractivity contribution >= 4 is 29.3 Å². The molecule has 0 atom stereocenters. The second-order valence-corrected chi connectivity index (χ2v) is 8.77. The number of fused-ring (bicyclic) bond motifs is 1. The first kappa shape index (κ1) is 21.9.